The highest BCUT2D eigenvalue weighted by Gasteiger charge is 2.39. The van der Waals surface area contributed by atoms with Crippen molar-refractivity contribution in [3.8, 4) is 22.5 Å². The molecule has 2 N–H and O–H groups in total. The number of halogens is 4. The first-order valence-electron chi connectivity index (χ1n) is 13.0. The average molecular weight is 600 g/mol. The lowest BCUT2D eigenvalue weighted by Gasteiger charge is -2.22. The first kappa shape index (κ1) is 29.0. The predicted molar refractivity (Wildman–Crippen MR) is 150 cm³/mol. The molecule has 4 heterocycles. The summed E-state index contributed by atoms with van der Waals surface area (Å²) in [7, 11) is 1.76. The quantitative estimate of drug-likeness (QED) is 0.333. The van der Waals surface area contributed by atoms with Crippen LogP contribution < -0.4 is 16.2 Å². The summed E-state index contributed by atoms with van der Waals surface area (Å²) in [6.07, 6.45) is 0.958. The van der Waals surface area contributed by atoms with Gasteiger partial charge in [-0.15, -0.1) is 0 Å². The Balaban J connectivity index is 1.57. The van der Waals surface area contributed by atoms with Gasteiger partial charge in [-0.3, -0.25) is 28.6 Å². The highest BCUT2D eigenvalue weighted by Crippen LogP contribution is 2.34. The molecule has 5 rings (SSSR count). The fraction of sp³-hybridized carbons (Fsp3) is 0.286. The van der Waals surface area contributed by atoms with E-state index in [0.717, 1.165) is 5.56 Å². The monoisotopic (exact) mass is 599 g/mol. The molecule has 1 aliphatic heterocycles. The highest BCUT2D eigenvalue weighted by atomic mass is 35.5. The molecule has 218 valence electrons. The molecule has 3 aromatic heterocycles. The lowest BCUT2D eigenvalue weighted by molar-refractivity contribution is -0.167. The van der Waals surface area contributed by atoms with E-state index in [-0.39, 0.29) is 33.8 Å². The van der Waals surface area contributed by atoms with Crippen molar-refractivity contribution < 1.29 is 22.8 Å². The van der Waals surface area contributed by atoms with Gasteiger partial charge in [0.05, 0.1) is 47.0 Å². The Morgan fingerprint density at radius 3 is 2.64 bits per heavy atom. The van der Waals surface area contributed by atoms with E-state index in [1.807, 2.05) is 18.3 Å². The third kappa shape index (κ3) is 5.91. The second kappa shape index (κ2) is 11.4. The summed E-state index contributed by atoms with van der Waals surface area (Å²) in [5, 5.41) is 9.24. The van der Waals surface area contributed by atoms with Crippen LogP contribution in [0, 0.1) is 5.92 Å². The summed E-state index contributed by atoms with van der Waals surface area (Å²) in [6, 6.07) is 8.06. The second-order valence-electron chi connectivity index (χ2n) is 10.00. The molecule has 0 saturated carbocycles. The molecular weight excluding hydrogens is 575 g/mol. The standard InChI is InChI=1S/C28H25ClF3N7O3/c1-15-4-3-5-23(21-10-16(8-9-33-21)25-22(36-26(15)41)13-35-38(25)2)39-14-34-20(12-24(39)40)18-11-17(29)6-7-19(18)37-27(42)28(30,31)32/h6-15,23H,3-5H2,1-2H3,(H,36,41)(H,37,42)/t15-,23+/m1/s1. The molecule has 2 bridgehead atoms. The van der Waals surface area contributed by atoms with Gasteiger partial charge in [-0.25, -0.2) is 4.98 Å². The van der Waals surface area contributed by atoms with Crippen LogP contribution in [0.5, 0.6) is 0 Å². The van der Waals surface area contributed by atoms with Crippen LogP contribution in [0.3, 0.4) is 0 Å². The highest BCUT2D eigenvalue weighted by molar-refractivity contribution is 6.31. The zero-order valence-corrected chi connectivity index (χ0v) is 23.2. The van der Waals surface area contributed by atoms with E-state index in [9.17, 15) is 27.6 Å². The molecule has 1 aliphatic rings. The molecule has 0 aliphatic carbocycles. The zero-order chi connectivity index (χ0) is 30.2. The van der Waals surface area contributed by atoms with Gasteiger partial charge in [0.25, 0.3) is 5.56 Å². The van der Waals surface area contributed by atoms with Crippen LogP contribution >= 0.6 is 11.6 Å². The van der Waals surface area contributed by atoms with Crippen LogP contribution in [0.4, 0.5) is 24.5 Å². The third-order valence-electron chi connectivity index (χ3n) is 7.09. The second-order valence-corrected chi connectivity index (χ2v) is 10.4. The van der Waals surface area contributed by atoms with E-state index in [0.29, 0.717) is 36.3 Å². The van der Waals surface area contributed by atoms with E-state index < -0.39 is 23.7 Å². The molecule has 2 amide bonds. The van der Waals surface area contributed by atoms with Crippen molar-refractivity contribution in [1.82, 2.24) is 24.3 Å². The van der Waals surface area contributed by atoms with Crippen LogP contribution in [0.2, 0.25) is 5.02 Å². The molecule has 0 unspecified atom stereocenters. The minimum Gasteiger partial charge on any atom is -0.323 e. The van der Waals surface area contributed by atoms with Gasteiger partial charge in [0.1, 0.15) is 0 Å². The van der Waals surface area contributed by atoms with Crippen LogP contribution in [0.15, 0.2) is 59.9 Å². The Morgan fingerprint density at radius 1 is 1.12 bits per heavy atom. The summed E-state index contributed by atoms with van der Waals surface area (Å²) in [4.78, 5) is 46.9. The average Bonchev–Trinajstić information content (AvgIpc) is 3.30. The zero-order valence-electron chi connectivity index (χ0n) is 22.4. The largest absolute Gasteiger partial charge is 0.471 e. The molecule has 0 fully saturated rings. The van der Waals surface area contributed by atoms with Crippen LogP contribution in [-0.2, 0) is 16.6 Å². The Morgan fingerprint density at radius 2 is 1.90 bits per heavy atom. The van der Waals surface area contributed by atoms with Crippen molar-refractivity contribution >= 4 is 34.8 Å². The number of benzene rings is 1. The number of rotatable bonds is 3. The number of fused-ring (bicyclic) bond motifs is 4. The molecule has 0 saturated heterocycles. The number of carbonyl (C=O) groups is 2. The van der Waals surface area contributed by atoms with E-state index >= 15 is 0 Å². The topological polar surface area (TPSA) is 124 Å². The van der Waals surface area contributed by atoms with E-state index in [1.165, 1.54) is 35.2 Å². The van der Waals surface area contributed by atoms with Gasteiger partial charge < -0.3 is 10.6 Å². The smallest absolute Gasteiger partial charge is 0.323 e. The fourth-order valence-electron chi connectivity index (χ4n) is 4.91. The van der Waals surface area contributed by atoms with Crippen LogP contribution in [0.25, 0.3) is 22.5 Å². The number of amides is 2. The van der Waals surface area contributed by atoms with Gasteiger partial charge in [-0.1, -0.05) is 24.9 Å². The number of hydrogen-bond donors (Lipinski definition) is 2. The molecule has 0 radical (unpaired) electrons. The first-order valence-corrected chi connectivity index (χ1v) is 13.4. The molecule has 1 aromatic carbocycles. The maximum atomic E-state index is 13.5. The molecule has 4 aromatic rings. The van der Waals surface area contributed by atoms with Gasteiger partial charge in [0.2, 0.25) is 5.91 Å². The third-order valence-corrected chi connectivity index (χ3v) is 7.32. The number of aryl methyl sites for hydroxylation is 1. The lowest BCUT2D eigenvalue weighted by atomic mass is 9.97. The number of hydrogen-bond acceptors (Lipinski definition) is 6. The lowest BCUT2D eigenvalue weighted by Crippen LogP contribution is -2.30. The summed E-state index contributed by atoms with van der Waals surface area (Å²) >= 11 is 6.08. The Hall–Kier alpha value is -4.52. The molecule has 42 heavy (non-hydrogen) atoms. The van der Waals surface area contributed by atoms with Crippen molar-refractivity contribution in [2.45, 2.75) is 38.4 Å². The predicted octanol–water partition coefficient (Wildman–Crippen LogP) is 5.21. The van der Waals surface area contributed by atoms with E-state index in [2.05, 4.69) is 20.4 Å². The first-order chi connectivity index (χ1) is 19.9. The Labute approximate surface area is 242 Å². The normalized spacial score (nSPS) is 17.4. The van der Waals surface area contributed by atoms with E-state index in [1.54, 1.807) is 30.2 Å². The maximum Gasteiger partial charge on any atom is 0.471 e. The molecule has 2 atom stereocenters. The molecular formula is C28H25ClF3N7O3. The summed E-state index contributed by atoms with van der Waals surface area (Å²) in [5.41, 5.74) is 1.92. The summed E-state index contributed by atoms with van der Waals surface area (Å²) in [5.74, 6) is -2.62. The van der Waals surface area contributed by atoms with Crippen LogP contribution in [0.1, 0.15) is 37.9 Å². The SMILES string of the molecule is C[C@@H]1CCC[C@H](n2cnc(-c3cc(Cl)ccc3NC(=O)C(F)(F)F)cc2=O)c2cc(ccn2)-c2c(cnn2C)NC1=O. The van der Waals surface area contributed by atoms with Crippen molar-refractivity contribution in [3.05, 3.63) is 76.2 Å². The maximum absolute atomic E-state index is 13.5. The minimum absolute atomic E-state index is 0.0240. The minimum atomic E-state index is -5.11. The number of alkyl halides is 3. The van der Waals surface area contributed by atoms with Crippen molar-refractivity contribution in [1.29, 1.82) is 0 Å². The van der Waals surface area contributed by atoms with Gasteiger partial charge in [0.15, 0.2) is 0 Å². The Kier molecular flexibility index (Phi) is 7.87. The Bertz CT molecular complexity index is 1730. The number of pyridine rings is 1. The molecule has 10 nitrogen and oxygen atoms in total. The van der Waals surface area contributed by atoms with Gasteiger partial charge >= 0.3 is 12.1 Å². The van der Waals surface area contributed by atoms with Crippen molar-refractivity contribution in [3.63, 3.8) is 0 Å². The van der Waals surface area contributed by atoms with Gasteiger partial charge in [-0.2, -0.15) is 18.3 Å². The molecule has 14 heteroatoms. The number of nitrogens with one attached hydrogen (secondary N) is 2. The molecule has 0 spiro atoms. The van der Waals surface area contributed by atoms with Gasteiger partial charge in [-0.05, 0) is 43.2 Å². The van der Waals surface area contributed by atoms with Crippen molar-refractivity contribution in [2.75, 3.05) is 10.6 Å². The van der Waals surface area contributed by atoms with Crippen molar-refractivity contribution in [2.24, 2.45) is 13.0 Å². The number of nitrogens with zero attached hydrogens (tertiary/aromatic N) is 5. The van der Waals surface area contributed by atoms with Crippen LogP contribution in [-0.4, -0.2) is 42.3 Å². The fourth-order valence-corrected chi connectivity index (χ4v) is 5.08. The number of carbonyl (C=O) groups excluding carboxylic acids is 2. The summed E-state index contributed by atoms with van der Waals surface area (Å²) < 4.78 is 41.8. The van der Waals surface area contributed by atoms with Gasteiger partial charge in [0, 0.05) is 41.4 Å². The summed E-state index contributed by atoms with van der Waals surface area (Å²) in [6.45, 7) is 1.83. The number of aromatic nitrogens is 5. The van der Waals surface area contributed by atoms with E-state index in [4.69, 9.17) is 11.6 Å². The number of anilines is 2.